The number of benzene rings is 1. The van der Waals surface area contributed by atoms with Gasteiger partial charge in [0.15, 0.2) is 5.69 Å². The van der Waals surface area contributed by atoms with Crippen molar-refractivity contribution in [2.24, 2.45) is 0 Å². The van der Waals surface area contributed by atoms with Gasteiger partial charge in [0.2, 0.25) is 0 Å². The van der Waals surface area contributed by atoms with Gasteiger partial charge in [0.25, 0.3) is 0 Å². The summed E-state index contributed by atoms with van der Waals surface area (Å²) in [5.41, 5.74) is 1.43. The van der Waals surface area contributed by atoms with E-state index in [4.69, 9.17) is 10.2 Å². The van der Waals surface area contributed by atoms with Crippen molar-refractivity contribution in [2.75, 3.05) is 6.61 Å². The van der Waals surface area contributed by atoms with Crippen LogP contribution in [0.2, 0.25) is 0 Å². The first-order valence-electron chi connectivity index (χ1n) is 6.22. The standard InChI is InChI=1S/C14H15FN2O3/c1-9-4-5-11(15)12(7-9)17-8-10(3-2-6-18)13(16-17)14(19)20/h4-5,7-8,18H,2-3,6H2,1H3,(H,19,20). The van der Waals surface area contributed by atoms with Gasteiger partial charge < -0.3 is 10.2 Å². The summed E-state index contributed by atoms with van der Waals surface area (Å²) in [6.45, 7) is 1.78. The first-order chi connectivity index (χ1) is 9.52. The van der Waals surface area contributed by atoms with Crippen LogP contribution < -0.4 is 0 Å². The molecule has 20 heavy (non-hydrogen) atoms. The van der Waals surface area contributed by atoms with E-state index < -0.39 is 11.8 Å². The molecule has 2 N–H and O–H groups in total. The van der Waals surface area contributed by atoms with E-state index in [0.717, 1.165) is 5.56 Å². The predicted octanol–water partition coefficient (Wildman–Crippen LogP) is 1.94. The molecular formula is C14H15FN2O3. The third-order valence-corrected chi connectivity index (χ3v) is 2.95. The Morgan fingerprint density at radius 3 is 2.85 bits per heavy atom. The molecule has 0 atom stereocenters. The summed E-state index contributed by atoms with van der Waals surface area (Å²) in [7, 11) is 0. The summed E-state index contributed by atoms with van der Waals surface area (Å²) in [6, 6.07) is 4.55. The van der Waals surface area contributed by atoms with Crippen LogP contribution in [0.4, 0.5) is 4.39 Å². The monoisotopic (exact) mass is 278 g/mol. The van der Waals surface area contributed by atoms with Crippen molar-refractivity contribution < 1.29 is 19.4 Å². The molecule has 1 aromatic heterocycles. The SMILES string of the molecule is Cc1ccc(F)c(-n2cc(CCCO)c(C(=O)O)n2)c1. The van der Waals surface area contributed by atoms with E-state index >= 15 is 0 Å². The Morgan fingerprint density at radius 2 is 2.20 bits per heavy atom. The molecule has 0 spiro atoms. The van der Waals surface area contributed by atoms with Crippen molar-refractivity contribution in [3.05, 3.63) is 47.0 Å². The molecule has 6 heteroatoms. The minimum Gasteiger partial charge on any atom is -0.476 e. The fourth-order valence-corrected chi connectivity index (χ4v) is 1.96. The number of aromatic carboxylic acids is 1. The van der Waals surface area contributed by atoms with E-state index in [1.54, 1.807) is 12.1 Å². The lowest BCUT2D eigenvalue weighted by Gasteiger charge is -2.03. The summed E-state index contributed by atoms with van der Waals surface area (Å²) in [4.78, 5) is 11.1. The maximum absolute atomic E-state index is 13.8. The van der Waals surface area contributed by atoms with Crippen LogP contribution in [0.1, 0.15) is 28.0 Å². The lowest BCUT2D eigenvalue weighted by Crippen LogP contribution is -2.04. The summed E-state index contributed by atoms with van der Waals surface area (Å²) in [6.07, 6.45) is 2.31. The third-order valence-electron chi connectivity index (χ3n) is 2.95. The van der Waals surface area contributed by atoms with Crippen molar-refractivity contribution in [2.45, 2.75) is 19.8 Å². The van der Waals surface area contributed by atoms with Gasteiger partial charge in [0.05, 0.1) is 0 Å². The molecule has 0 radical (unpaired) electrons. The number of halogens is 1. The first-order valence-corrected chi connectivity index (χ1v) is 6.22. The van der Waals surface area contributed by atoms with Crippen molar-refractivity contribution >= 4 is 5.97 Å². The zero-order chi connectivity index (χ0) is 14.7. The number of aryl methyl sites for hydroxylation is 2. The number of carboxylic acid groups (broad SMARTS) is 1. The molecule has 2 aromatic rings. The van der Waals surface area contributed by atoms with E-state index in [-0.39, 0.29) is 18.0 Å². The maximum Gasteiger partial charge on any atom is 0.356 e. The molecule has 0 fully saturated rings. The van der Waals surface area contributed by atoms with Gasteiger partial charge in [-0.2, -0.15) is 5.10 Å². The van der Waals surface area contributed by atoms with E-state index in [9.17, 15) is 9.18 Å². The van der Waals surface area contributed by atoms with Crippen LogP contribution in [0.3, 0.4) is 0 Å². The van der Waals surface area contributed by atoms with Crippen LogP contribution in [-0.4, -0.2) is 32.6 Å². The normalized spacial score (nSPS) is 10.8. The fraction of sp³-hybridized carbons (Fsp3) is 0.286. The second-order valence-corrected chi connectivity index (χ2v) is 4.53. The average Bonchev–Trinajstić information content (AvgIpc) is 2.83. The number of aliphatic hydroxyl groups is 1. The Labute approximate surface area is 115 Å². The highest BCUT2D eigenvalue weighted by Gasteiger charge is 2.17. The molecule has 0 aliphatic rings. The van der Waals surface area contributed by atoms with Gasteiger partial charge in [0.1, 0.15) is 11.5 Å². The van der Waals surface area contributed by atoms with E-state index in [1.807, 2.05) is 6.92 Å². The van der Waals surface area contributed by atoms with Gasteiger partial charge in [-0.3, -0.25) is 0 Å². The van der Waals surface area contributed by atoms with Gasteiger partial charge >= 0.3 is 5.97 Å². The molecule has 0 unspecified atom stereocenters. The van der Waals surface area contributed by atoms with Crippen molar-refractivity contribution in [1.29, 1.82) is 0 Å². The summed E-state index contributed by atoms with van der Waals surface area (Å²) < 4.78 is 15.0. The molecule has 106 valence electrons. The Bertz CT molecular complexity index is 637. The van der Waals surface area contributed by atoms with E-state index in [2.05, 4.69) is 5.10 Å². The minimum atomic E-state index is -1.16. The second kappa shape index (κ2) is 5.83. The quantitative estimate of drug-likeness (QED) is 0.876. The molecule has 5 nitrogen and oxygen atoms in total. The molecule has 0 bridgehead atoms. The fourth-order valence-electron chi connectivity index (χ4n) is 1.96. The lowest BCUT2D eigenvalue weighted by atomic mass is 10.1. The third kappa shape index (κ3) is 2.85. The summed E-state index contributed by atoms with van der Waals surface area (Å²) in [5.74, 6) is -1.63. The highest BCUT2D eigenvalue weighted by Crippen LogP contribution is 2.18. The number of aliphatic hydroxyl groups excluding tert-OH is 1. The van der Waals surface area contributed by atoms with Gasteiger partial charge in [-0.15, -0.1) is 0 Å². The van der Waals surface area contributed by atoms with E-state index in [1.165, 1.54) is 16.9 Å². The largest absolute Gasteiger partial charge is 0.476 e. The van der Waals surface area contributed by atoms with Crippen molar-refractivity contribution in [3.63, 3.8) is 0 Å². The van der Waals surface area contributed by atoms with Gasteiger partial charge in [-0.25, -0.2) is 13.9 Å². The number of carbonyl (C=O) groups is 1. The number of aromatic nitrogens is 2. The Hall–Kier alpha value is -2.21. The van der Waals surface area contributed by atoms with Gasteiger partial charge in [-0.1, -0.05) is 6.07 Å². The topological polar surface area (TPSA) is 75.4 Å². The van der Waals surface area contributed by atoms with Crippen LogP contribution in [0.15, 0.2) is 24.4 Å². The van der Waals surface area contributed by atoms with Crippen molar-refractivity contribution in [3.8, 4) is 5.69 Å². The highest BCUT2D eigenvalue weighted by atomic mass is 19.1. The minimum absolute atomic E-state index is 0.0386. The number of hydrogen-bond donors (Lipinski definition) is 2. The summed E-state index contributed by atoms with van der Waals surface area (Å²) in [5, 5.41) is 21.9. The average molecular weight is 278 g/mol. The molecule has 0 saturated heterocycles. The van der Waals surface area contributed by atoms with E-state index in [0.29, 0.717) is 18.4 Å². The molecule has 1 aromatic carbocycles. The molecule has 0 saturated carbocycles. The Balaban J connectivity index is 2.47. The number of rotatable bonds is 5. The van der Waals surface area contributed by atoms with Crippen LogP contribution in [0.25, 0.3) is 5.69 Å². The predicted molar refractivity (Wildman–Crippen MR) is 70.6 cm³/mol. The van der Waals surface area contributed by atoms with Crippen LogP contribution >= 0.6 is 0 Å². The van der Waals surface area contributed by atoms with Crippen molar-refractivity contribution in [1.82, 2.24) is 9.78 Å². The molecule has 0 aliphatic carbocycles. The zero-order valence-corrected chi connectivity index (χ0v) is 11.0. The lowest BCUT2D eigenvalue weighted by molar-refractivity contribution is 0.0688. The maximum atomic E-state index is 13.8. The number of hydrogen-bond acceptors (Lipinski definition) is 3. The summed E-state index contributed by atoms with van der Waals surface area (Å²) >= 11 is 0. The van der Waals surface area contributed by atoms with Gasteiger partial charge in [-0.05, 0) is 37.5 Å². The molecule has 0 aliphatic heterocycles. The molecular weight excluding hydrogens is 263 g/mol. The smallest absolute Gasteiger partial charge is 0.356 e. The van der Waals surface area contributed by atoms with Crippen LogP contribution in [0.5, 0.6) is 0 Å². The Morgan fingerprint density at radius 1 is 1.45 bits per heavy atom. The second-order valence-electron chi connectivity index (χ2n) is 4.53. The zero-order valence-electron chi connectivity index (χ0n) is 11.0. The molecule has 2 rings (SSSR count). The molecule has 0 amide bonds. The first kappa shape index (κ1) is 14.2. The van der Waals surface area contributed by atoms with Gasteiger partial charge in [0, 0.05) is 18.4 Å². The molecule has 1 heterocycles. The number of carboxylic acids is 1. The van der Waals surface area contributed by atoms with Crippen LogP contribution in [-0.2, 0) is 6.42 Å². The Kier molecular flexibility index (Phi) is 4.14. The van der Waals surface area contributed by atoms with Crippen LogP contribution in [0, 0.1) is 12.7 Å². The number of nitrogens with zero attached hydrogens (tertiary/aromatic N) is 2. The highest BCUT2D eigenvalue weighted by molar-refractivity contribution is 5.87.